The lowest BCUT2D eigenvalue weighted by Crippen LogP contribution is -1.98. The highest BCUT2D eigenvalue weighted by molar-refractivity contribution is 6.11. The Morgan fingerprint density at radius 2 is 0.727 bits per heavy atom. The zero-order chi connectivity index (χ0) is 36.6. The van der Waals surface area contributed by atoms with Gasteiger partial charge in [-0.2, -0.15) is 0 Å². The normalized spacial score (nSPS) is 11.3. The second-order valence-corrected chi connectivity index (χ2v) is 13.8. The molecular formula is C52H35N3. The molecule has 0 N–H and O–H groups in total. The summed E-state index contributed by atoms with van der Waals surface area (Å²) in [6.07, 6.45) is 0. The Kier molecular flexibility index (Phi) is 8.16. The lowest BCUT2D eigenvalue weighted by molar-refractivity contribution is 1.17. The molecule has 0 unspecified atom stereocenters. The van der Waals surface area contributed by atoms with E-state index in [4.69, 9.17) is 9.97 Å². The molecule has 10 rings (SSSR count). The first kappa shape index (κ1) is 32.3. The second kappa shape index (κ2) is 13.9. The van der Waals surface area contributed by atoms with Gasteiger partial charge < -0.3 is 4.57 Å². The van der Waals surface area contributed by atoms with Gasteiger partial charge in [0, 0.05) is 33.2 Å². The van der Waals surface area contributed by atoms with Crippen molar-refractivity contribution in [2.75, 3.05) is 0 Å². The van der Waals surface area contributed by atoms with Gasteiger partial charge in [-0.15, -0.1) is 0 Å². The third kappa shape index (κ3) is 6.08. The molecule has 0 saturated carbocycles. The molecule has 0 atom stereocenters. The van der Waals surface area contributed by atoms with E-state index in [2.05, 4.69) is 199 Å². The zero-order valence-electron chi connectivity index (χ0n) is 30.0. The largest absolute Gasteiger partial charge is 0.309 e. The molecule has 258 valence electrons. The Balaban J connectivity index is 1.11. The van der Waals surface area contributed by atoms with E-state index in [-0.39, 0.29) is 0 Å². The minimum atomic E-state index is 0.700. The minimum absolute atomic E-state index is 0.700. The van der Waals surface area contributed by atoms with Gasteiger partial charge in [0.25, 0.3) is 0 Å². The second-order valence-electron chi connectivity index (χ2n) is 13.8. The van der Waals surface area contributed by atoms with Crippen molar-refractivity contribution in [2.24, 2.45) is 0 Å². The summed E-state index contributed by atoms with van der Waals surface area (Å²) in [5.41, 5.74) is 15.4. The average molecular weight is 702 g/mol. The summed E-state index contributed by atoms with van der Waals surface area (Å²) in [5, 5.41) is 2.45. The van der Waals surface area contributed by atoms with Gasteiger partial charge in [-0.1, -0.05) is 170 Å². The van der Waals surface area contributed by atoms with Crippen LogP contribution in [-0.4, -0.2) is 14.5 Å². The van der Waals surface area contributed by atoms with Crippen molar-refractivity contribution in [3.8, 4) is 73.0 Å². The van der Waals surface area contributed by atoms with Crippen molar-refractivity contribution < 1.29 is 0 Å². The van der Waals surface area contributed by atoms with Gasteiger partial charge in [-0.3, -0.25) is 0 Å². The quantitative estimate of drug-likeness (QED) is 0.166. The molecule has 0 amide bonds. The van der Waals surface area contributed by atoms with E-state index in [9.17, 15) is 0 Å². The third-order valence-electron chi connectivity index (χ3n) is 10.4. The molecule has 0 aliphatic heterocycles. The molecule has 2 aromatic heterocycles. The number of fused-ring (bicyclic) bond motifs is 3. The van der Waals surface area contributed by atoms with E-state index < -0.39 is 0 Å². The summed E-state index contributed by atoms with van der Waals surface area (Å²) >= 11 is 0. The van der Waals surface area contributed by atoms with Crippen LogP contribution in [0.25, 0.3) is 94.8 Å². The van der Waals surface area contributed by atoms with Gasteiger partial charge >= 0.3 is 0 Å². The maximum Gasteiger partial charge on any atom is 0.160 e. The topological polar surface area (TPSA) is 30.7 Å². The molecule has 2 heterocycles. The number of nitrogens with zero attached hydrogens (tertiary/aromatic N) is 3. The van der Waals surface area contributed by atoms with E-state index in [1.165, 1.54) is 44.1 Å². The first-order valence-electron chi connectivity index (χ1n) is 18.7. The van der Waals surface area contributed by atoms with Gasteiger partial charge in [0.05, 0.1) is 22.4 Å². The van der Waals surface area contributed by atoms with Crippen LogP contribution in [-0.2, 0) is 0 Å². The summed E-state index contributed by atoms with van der Waals surface area (Å²) in [4.78, 5) is 10.3. The fourth-order valence-corrected chi connectivity index (χ4v) is 7.73. The van der Waals surface area contributed by atoms with E-state index in [0.717, 1.165) is 44.9 Å². The van der Waals surface area contributed by atoms with Gasteiger partial charge in [0.1, 0.15) is 0 Å². The standard InChI is InChI=1S/C52H35N3/c1-5-15-36(16-6-1)41-27-31-50-46(33-41)47-34-42(37-17-7-2-8-18-37)28-32-51(47)55(50)43-29-25-39(26-30-43)48-35-49(54-52(53-48)40-21-11-4-12-22-40)45-24-14-13-23-44(45)38-19-9-3-10-20-38/h1-35H. The van der Waals surface area contributed by atoms with Crippen LogP contribution in [0.3, 0.4) is 0 Å². The van der Waals surface area contributed by atoms with Gasteiger partial charge in [-0.05, 0) is 75.8 Å². The van der Waals surface area contributed by atoms with Crippen LogP contribution >= 0.6 is 0 Å². The SMILES string of the molecule is c1ccc(-c2ccc3c(c2)c2cc(-c4ccccc4)ccc2n3-c2ccc(-c3cc(-c4ccccc4-c4ccccc4)nc(-c4ccccc4)n3)cc2)cc1. The Bertz CT molecular complexity index is 2840. The summed E-state index contributed by atoms with van der Waals surface area (Å²) in [6, 6.07) is 75.1. The molecule has 0 fully saturated rings. The van der Waals surface area contributed by atoms with E-state index in [0.29, 0.717) is 5.82 Å². The number of hydrogen-bond donors (Lipinski definition) is 0. The fraction of sp³-hybridized carbons (Fsp3) is 0. The number of hydrogen-bond acceptors (Lipinski definition) is 2. The maximum absolute atomic E-state index is 5.15. The third-order valence-corrected chi connectivity index (χ3v) is 10.4. The Labute approximate surface area is 320 Å². The summed E-state index contributed by atoms with van der Waals surface area (Å²) in [7, 11) is 0. The summed E-state index contributed by atoms with van der Waals surface area (Å²) in [6.45, 7) is 0. The molecule has 0 bridgehead atoms. The van der Waals surface area contributed by atoms with Crippen molar-refractivity contribution in [1.29, 1.82) is 0 Å². The predicted octanol–water partition coefficient (Wildman–Crippen LogP) is 13.6. The molecule has 0 aliphatic rings. The Hall–Kier alpha value is -7.36. The predicted molar refractivity (Wildman–Crippen MR) is 229 cm³/mol. The van der Waals surface area contributed by atoms with Crippen molar-refractivity contribution in [3.05, 3.63) is 212 Å². The van der Waals surface area contributed by atoms with Crippen LogP contribution in [0.2, 0.25) is 0 Å². The first-order chi connectivity index (χ1) is 27.3. The molecule has 3 nitrogen and oxygen atoms in total. The smallest absolute Gasteiger partial charge is 0.160 e. The highest BCUT2D eigenvalue weighted by Gasteiger charge is 2.17. The molecular weight excluding hydrogens is 667 g/mol. The molecule has 0 radical (unpaired) electrons. The van der Waals surface area contributed by atoms with Crippen LogP contribution in [0.4, 0.5) is 0 Å². The molecule has 0 aliphatic carbocycles. The minimum Gasteiger partial charge on any atom is -0.309 e. The van der Waals surface area contributed by atoms with Crippen molar-refractivity contribution in [3.63, 3.8) is 0 Å². The van der Waals surface area contributed by atoms with E-state index in [1.54, 1.807) is 0 Å². The summed E-state index contributed by atoms with van der Waals surface area (Å²) in [5.74, 6) is 0.700. The highest BCUT2D eigenvalue weighted by Crippen LogP contribution is 2.38. The van der Waals surface area contributed by atoms with Crippen molar-refractivity contribution in [1.82, 2.24) is 14.5 Å². The molecule has 10 aromatic rings. The van der Waals surface area contributed by atoms with Crippen molar-refractivity contribution >= 4 is 21.8 Å². The van der Waals surface area contributed by atoms with Crippen LogP contribution in [0.5, 0.6) is 0 Å². The lowest BCUT2D eigenvalue weighted by Gasteiger charge is -2.14. The fourth-order valence-electron chi connectivity index (χ4n) is 7.73. The number of benzene rings is 8. The lowest BCUT2D eigenvalue weighted by atomic mass is 9.96. The van der Waals surface area contributed by atoms with Gasteiger partial charge in [-0.25, -0.2) is 9.97 Å². The number of rotatable bonds is 7. The van der Waals surface area contributed by atoms with Crippen LogP contribution in [0, 0.1) is 0 Å². The molecule has 55 heavy (non-hydrogen) atoms. The van der Waals surface area contributed by atoms with E-state index in [1.807, 2.05) is 18.2 Å². The highest BCUT2D eigenvalue weighted by atomic mass is 15.0. The average Bonchev–Trinajstić information content (AvgIpc) is 3.60. The van der Waals surface area contributed by atoms with Gasteiger partial charge in [0.2, 0.25) is 0 Å². The Morgan fingerprint density at radius 1 is 0.291 bits per heavy atom. The summed E-state index contributed by atoms with van der Waals surface area (Å²) < 4.78 is 2.38. The van der Waals surface area contributed by atoms with Crippen LogP contribution < -0.4 is 0 Å². The number of aromatic nitrogens is 3. The Morgan fingerprint density at radius 3 is 1.27 bits per heavy atom. The molecule has 0 spiro atoms. The molecule has 8 aromatic carbocycles. The molecule has 3 heteroatoms. The maximum atomic E-state index is 5.15. The van der Waals surface area contributed by atoms with Crippen molar-refractivity contribution in [2.45, 2.75) is 0 Å². The zero-order valence-corrected chi connectivity index (χ0v) is 30.0. The van der Waals surface area contributed by atoms with Crippen LogP contribution in [0.1, 0.15) is 0 Å². The van der Waals surface area contributed by atoms with Crippen LogP contribution in [0.15, 0.2) is 212 Å². The monoisotopic (exact) mass is 701 g/mol. The van der Waals surface area contributed by atoms with Gasteiger partial charge in [0.15, 0.2) is 5.82 Å². The van der Waals surface area contributed by atoms with E-state index >= 15 is 0 Å². The first-order valence-corrected chi connectivity index (χ1v) is 18.7. The molecule has 0 saturated heterocycles.